The molecule has 3 aromatic heterocycles. The van der Waals surface area contributed by atoms with Crippen molar-refractivity contribution in [1.29, 1.82) is 0 Å². The van der Waals surface area contributed by atoms with Gasteiger partial charge in [0.1, 0.15) is 5.67 Å². The van der Waals surface area contributed by atoms with Crippen molar-refractivity contribution in [2.75, 3.05) is 11.9 Å². The summed E-state index contributed by atoms with van der Waals surface area (Å²) in [7, 11) is 0. The van der Waals surface area contributed by atoms with Gasteiger partial charge in [-0.05, 0) is 40.2 Å². The summed E-state index contributed by atoms with van der Waals surface area (Å²) >= 11 is 5.96. The summed E-state index contributed by atoms with van der Waals surface area (Å²) in [5.41, 5.74) is 1.65. The average Bonchev–Trinajstić information content (AvgIpc) is 3.02. The lowest BCUT2D eigenvalue weighted by atomic mass is 10.1. The number of carbonyl (C=O) groups is 1. The second kappa shape index (κ2) is 8.32. The van der Waals surface area contributed by atoms with Gasteiger partial charge in [0.05, 0.1) is 39.9 Å². The molecule has 0 aliphatic carbocycles. The number of nitrogens with one attached hydrogen (secondary N) is 2. The Kier molecular flexibility index (Phi) is 6.02. The SMILES string of the molecule is CC(C)Nc1cc(-c2cnn3cc(Cl)cnc23)ncc1C(=O)NCCC(C)(C)F. The van der Waals surface area contributed by atoms with E-state index >= 15 is 0 Å². The molecule has 0 saturated heterocycles. The highest BCUT2D eigenvalue weighted by Crippen LogP contribution is 2.27. The summed E-state index contributed by atoms with van der Waals surface area (Å²) in [4.78, 5) is 21.4. The van der Waals surface area contributed by atoms with E-state index in [0.29, 0.717) is 27.6 Å². The van der Waals surface area contributed by atoms with Gasteiger partial charge in [-0.3, -0.25) is 9.78 Å². The largest absolute Gasteiger partial charge is 0.382 e. The standard InChI is InChI=1S/C20H24ClFN6O/c1-12(2)27-17-7-16(14-10-26-28-11-13(21)8-25-18(14)28)24-9-15(17)19(29)23-6-5-20(3,4)22/h7-12H,5-6H2,1-4H3,(H,23,29)(H,24,27). The van der Waals surface area contributed by atoms with E-state index in [9.17, 15) is 9.18 Å². The lowest BCUT2D eigenvalue weighted by Gasteiger charge is -2.17. The maximum absolute atomic E-state index is 13.7. The van der Waals surface area contributed by atoms with Crippen LogP contribution in [0.25, 0.3) is 16.9 Å². The predicted molar refractivity (Wildman–Crippen MR) is 112 cm³/mol. The molecule has 3 heterocycles. The van der Waals surface area contributed by atoms with Crippen LogP contribution in [0.5, 0.6) is 0 Å². The fraction of sp³-hybridized carbons (Fsp3) is 0.400. The van der Waals surface area contributed by atoms with E-state index in [2.05, 4.69) is 25.7 Å². The van der Waals surface area contributed by atoms with Crippen LogP contribution in [0.1, 0.15) is 44.5 Å². The van der Waals surface area contributed by atoms with E-state index in [4.69, 9.17) is 11.6 Å². The predicted octanol–water partition coefficient (Wildman–Crippen LogP) is 4.13. The molecule has 0 aromatic carbocycles. The van der Waals surface area contributed by atoms with Crippen LogP contribution < -0.4 is 10.6 Å². The first-order valence-corrected chi connectivity index (χ1v) is 9.75. The van der Waals surface area contributed by atoms with Gasteiger partial charge in [0.2, 0.25) is 0 Å². The fourth-order valence-electron chi connectivity index (χ4n) is 2.82. The highest BCUT2D eigenvalue weighted by Gasteiger charge is 2.19. The zero-order valence-electron chi connectivity index (χ0n) is 16.8. The van der Waals surface area contributed by atoms with Gasteiger partial charge in [0, 0.05) is 25.0 Å². The van der Waals surface area contributed by atoms with E-state index in [1.807, 2.05) is 13.8 Å². The Bertz CT molecular complexity index is 1030. The molecule has 1 amide bonds. The summed E-state index contributed by atoms with van der Waals surface area (Å²) in [5, 5.41) is 10.8. The molecule has 2 N–H and O–H groups in total. The normalized spacial score (nSPS) is 11.8. The van der Waals surface area contributed by atoms with Gasteiger partial charge in [0.25, 0.3) is 5.91 Å². The number of carbonyl (C=O) groups excluding carboxylic acids is 1. The topological polar surface area (TPSA) is 84.2 Å². The van der Waals surface area contributed by atoms with Crippen molar-refractivity contribution in [3.63, 3.8) is 0 Å². The second-order valence-electron chi connectivity index (χ2n) is 7.74. The number of alkyl halides is 1. The van der Waals surface area contributed by atoms with E-state index < -0.39 is 5.67 Å². The Morgan fingerprint density at radius 3 is 2.72 bits per heavy atom. The zero-order chi connectivity index (χ0) is 21.2. The lowest BCUT2D eigenvalue weighted by molar-refractivity contribution is 0.0945. The Morgan fingerprint density at radius 1 is 1.28 bits per heavy atom. The number of fused-ring (bicyclic) bond motifs is 1. The van der Waals surface area contributed by atoms with E-state index in [1.165, 1.54) is 20.0 Å². The van der Waals surface area contributed by atoms with Crippen molar-refractivity contribution in [1.82, 2.24) is 24.9 Å². The molecular weight excluding hydrogens is 395 g/mol. The average molecular weight is 419 g/mol. The number of rotatable bonds is 7. The minimum absolute atomic E-state index is 0.0995. The van der Waals surface area contributed by atoms with Gasteiger partial charge >= 0.3 is 0 Å². The Balaban J connectivity index is 1.92. The molecule has 7 nitrogen and oxygen atoms in total. The number of amides is 1. The second-order valence-corrected chi connectivity index (χ2v) is 8.17. The van der Waals surface area contributed by atoms with Gasteiger partial charge < -0.3 is 10.6 Å². The van der Waals surface area contributed by atoms with Crippen LogP contribution in [0.4, 0.5) is 10.1 Å². The summed E-state index contributed by atoms with van der Waals surface area (Å²) in [6, 6.07) is 1.89. The van der Waals surface area contributed by atoms with Crippen molar-refractivity contribution in [3.8, 4) is 11.3 Å². The number of nitrogens with zero attached hydrogens (tertiary/aromatic N) is 4. The van der Waals surface area contributed by atoms with Crippen molar-refractivity contribution in [2.45, 2.75) is 45.8 Å². The first-order valence-electron chi connectivity index (χ1n) is 9.37. The molecule has 0 fully saturated rings. The molecule has 29 heavy (non-hydrogen) atoms. The Labute approximate surface area is 173 Å². The first kappa shape index (κ1) is 21.0. The third-order valence-electron chi connectivity index (χ3n) is 4.20. The molecule has 0 bridgehead atoms. The van der Waals surface area contributed by atoms with Gasteiger partial charge in [-0.25, -0.2) is 13.9 Å². The fourth-order valence-corrected chi connectivity index (χ4v) is 2.96. The quantitative estimate of drug-likeness (QED) is 0.602. The smallest absolute Gasteiger partial charge is 0.254 e. The number of pyridine rings is 1. The van der Waals surface area contributed by atoms with Crippen LogP contribution in [-0.4, -0.2) is 43.7 Å². The van der Waals surface area contributed by atoms with Gasteiger partial charge in [0.15, 0.2) is 5.65 Å². The van der Waals surface area contributed by atoms with Crippen molar-refractivity contribution in [2.24, 2.45) is 0 Å². The van der Waals surface area contributed by atoms with Crippen molar-refractivity contribution < 1.29 is 9.18 Å². The summed E-state index contributed by atoms with van der Waals surface area (Å²) in [5.74, 6) is -0.304. The van der Waals surface area contributed by atoms with E-state index in [1.54, 1.807) is 29.2 Å². The van der Waals surface area contributed by atoms with E-state index in [-0.39, 0.29) is 24.9 Å². The maximum Gasteiger partial charge on any atom is 0.254 e. The van der Waals surface area contributed by atoms with Crippen LogP contribution in [0.2, 0.25) is 5.02 Å². The van der Waals surface area contributed by atoms with Crippen LogP contribution >= 0.6 is 11.6 Å². The number of aromatic nitrogens is 4. The van der Waals surface area contributed by atoms with Crippen LogP contribution in [0.15, 0.2) is 30.9 Å². The molecule has 0 unspecified atom stereocenters. The maximum atomic E-state index is 13.7. The lowest BCUT2D eigenvalue weighted by Crippen LogP contribution is -2.29. The van der Waals surface area contributed by atoms with Crippen LogP contribution in [0, 0.1) is 0 Å². The van der Waals surface area contributed by atoms with Crippen molar-refractivity contribution in [3.05, 3.63) is 41.4 Å². The zero-order valence-corrected chi connectivity index (χ0v) is 17.6. The molecule has 3 aromatic rings. The highest BCUT2D eigenvalue weighted by molar-refractivity contribution is 6.30. The van der Waals surface area contributed by atoms with Gasteiger partial charge in [-0.1, -0.05) is 11.6 Å². The first-order chi connectivity index (χ1) is 13.6. The molecular formula is C20H24ClFN6O. The monoisotopic (exact) mass is 418 g/mol. The van der Waals surface area contributed by atoms with Crippen LogP contribution in [-0.2, 0) is 0 Å². The molecule has 0 aliphatic rings. The Hall–Kier alpha value is -2.74. The summed E-state index contributed by atoms with van der Waals surface area (Å²) < 4.78 is 15.2. The number of anilines is 1. The van der Waals surface area contributed by atoms with Gasteiger partial charge in [-0.2, -0.15) is 5.10 Å². The number of hydrogen-bond donors (Lipinski definition) is 2. The molecule has 9 heteroatoms. The Morgan fingerprint density at radius 2 is 2.03 bits per heavy atom. The van der Waals surface area contributed by atoms with Crippen molar-refractivity contribution >= 4 is 28.8 Å². The van der Waals surface area contributed by atoms with Gasteiger partial charge in [-0.15, -0.1) is 0 Å². The minimum Gasteiger partial charge on any atom is -0.382 e. The molecule has 0 radical (unpaired) electrons. The summed E-state index contributed by atoms with van der Waals surface area (Å²) in [6.45, 7) is 7.17. The third kappa shape index (κ3) is 5.20. The highest BCUT2D eigenvalue weighted by atomic mass is 35.5. The molecule has 0 atom stereocenters. The number of hydrogen-bond acceptors (Lipinski definition) is 5. The molecule has 0 saturated carbocycles. The van der Waals surface area contributed by atoms with Crippen LogP contribution in [0.3, 0.4) is 0 Å². The summed E-state index contributed by atoms with van der Waals surface area (Å²) in [6.07, 6.45) is 6.60. The van der Waals surface area contributed by atoms with E-state index in [0.717, 1.165) is 5.56 Å². The molecule has 3 rings (SSSR count). The third-order valence-corrected chi connectivity index (χ3v) is 4.39. The molecule has 0 aliphatic heterocycles. The molecule has 154 valence electrons. The molecule has 0 spiro atoms. The number of halogens is 2. The minimum atomic E-state index is -1.34.